The monoisotopic (exact) mass is 220 g/mol. The number of hydrogen-bond donors (Lipinski definition) is 1. The second kappa shape index (κ2) is 5.54. The maximum atomic E-state index is 12.0. The van der Waals surface area contributed by atoms with Gasteiger partial charge in [0.05, 0.1) is 0 Å². The molecule has 0 aliphatic carbocycles. The minimum absolute atomic E-state index is 0.0418. The molecule has 1 amide bonds. The van der Waals surface area contributed by atoms with Crippen LogP contribution >= 0.6 is 0 Å². The van der Waals surface area contributed by atoms with Gasteiger partial charge in [0.15, 0.2) is 0 Å². The van der Waals surface area contributed by atoms with E-state index < -0.39 is 0 Å². The Labute approximate surface area is 97.2 Å². The molecule has 0 saturated carbocycles. The van der Waals surface area contributed by atoms with Crippen LogP contribution in [0.3, 0.4) is 0 Å². The Morgan fingerprint density at radius 1 is 1.44 bits per heavy atom. The van der Waals surface area contributed by atoms with Gasteiger partial charge in [0.2, 0.25) is 0 Å². The minimum Gasteiger partial charge on any atom is -0.398 e. The molecule has 0 fully saturated rings. The maximum absolute atomic E-state index is 12.0. The van der Waals surface area contributed by atoms with E-state index in [1.807, 2.05) is 26.1 Å². The lowest BCUT2D eigenvalue weighted by Crippen LogP contribution is -2.27. The van der Waals surface area contributed by atoms with Crippen molar-refractivity contribution in [1.82, 2.24) is 4.90 Å². The number of nitrogen functional groups attached to an aromatic ring is 1. The zero-order valence-corrected chi connectivity index (χ0v) is 10.3. The molecule has 1 aromatic rings. The van der Waals surface area contributed by atoms with E-state index in [2.05, 4.69) is 6.92 Å². The van der Waals surface area contributed by atoms with Crippen molar-refractivity contribution < 1.29 is 4.79 Å². The number of unbranched alkanes of at least 4 members (excludes halogenated alkanes) is 1. The summed E-state index contributed by atoms with van der Waals surface area (Å²) >= 11 is 0. The molecular formula is C13H20N2O. The van der Waals surface area contributed by atoms with E-state index in [4.69, 9.17) is 5.73 Å². The summed E-state index contributed by atoms with van der Waals surface area (Å²) in [6, 6.07) is 5.47. The predicted octanol–water partition coefficient (Wildman–Crippen LogP) is 2.45. The van der Waals surface area contributed by atoms with Gasteiger partial charge in [-0.25, -0.2) is 0 Å². The van der Waals surface area contributed by atoms with Gasteiger partial charge in [-0.3, -0.25) is 4.79 Å². The Bertz CT molecular complexity index is 374. The summed E-state index contributed by atoms with van der Waals surface area (Å²) in [6.07, 6.45) is 2.12. The summed E-state index contributed by atoms with van der Waals surface area (Å²) in [5.74, 6) is 0.0418. The summed E-state index contributed by atoms with van der Waals surface area (Å²) in [4.78, 5) is 13.7. The number of carbonyl (C=O) groups is 1. The van der Waals surface area contributed by atoms with Crippen LogP contribution in [0.15, 0.2) is 18.2 Å². The van der Waals surface area contributed by atoms with Gasteiger partial charge in [-0.05, 0) is 31.0 Å². The molecule has 0 saturated heterocycles. The molecule has 1 aromatic carbocycles. The van der Waals surface area contributed by atoms with Crippen LogP contribution in [0.1, 0.15) is 35.7 Å². The van der Waals surface area contributed by atoms with Crippen LogP contribution in [-0.2, 0) is 0 Å². The van der Waals surface area contributed by atoms with Crippen molar-refractivity contribution in [2.45, 2.75) is 26.7 Å². The Kier molecular flexibility index (Phi) is 4.35. The number of amides is 1. The Hall–Kier alpha value is -1.51. The highest BCUT2D eigenvalue weighted by Gasteiger charge is 2.11. The van der Waals surface area contributed by atoms with Crippen LogP contribution in [0.25, 0.3) is 0 Å². The lowest BCUT2D eigenvalue weighted by molar-refractivity contribution is 0.0793. The maximum Gasteiger partial charge on any atom is 0.253 e. The normalized spacial score (nSPS) is 10.2. The number of carbonyl (C=O) groups excluding carboxylic acids is 1. The molecule has 0 aliphatic rings. The Morgan fingerprint density at radius 2 is 2.12 bits per heavy atom. The van der Waals surface area contributed by atoms with Crippen molar-refractivity contribution in [3.8, 4) is 0 Å². The molecule has 16 heavy (non-hydrogen) atoms. The van der Waals surface area contributed by atoms with Crippen LogP contribution in [0.4, 0.5) is 5.69 Å². The third-order valence-corrected chi connectivity index (χ3v) is 2.72. The third-order valence-electron chi connectivity index (χ3n) is 2.72. The fraction of sp³-hybridized carbons (Fsp3) is 0.462. The van der Waals surface area contributed by atoms with E-state index >= 15 is 0 Å². The van der Waals surface area contributed by atoms with E-state index in [0.717, 1.165) is 24.9 Å². The molecule has 1 rings (SSSR count). The average molecular weight is 220 g/mol. The Morgan fingerprint density at radius 3 is 2.69 bits per heavy atom. The van der Waals surface area contributed by atoms with Gasteiger partial charge < -0.3 is 10.6 Å². The number of rotatable bonds is 4. The summed E-state index contributed by atoms with van der Waals surface area (Å²) in [6.45, 7) is 4.84. The molecular weight excluding hydrogens is 200 g/mol. The Balaban J connectivity index is 2.76. The number of benzene rings is 1. The molecule has 0 aliphatic heterocycles. The van der Waals surface area contributed by atoms with Gasteiger partial charge >= 0.3 is 0 Å². The topological polar surface area (TPSA) is 46.3 Å². The first-order valence-corrected chi connectivity index (χ1v) is 5.67. The molecule has 0 unspecified atom stereocenters. The average Bonchev–Trinajstić information content (AvgIpc) is 2.28. The largest absolute Gasteiger partial charge is 0.398 e. The summed E-state index contributed by atoms with van der Waals surface area (Å²) in [7, 11) is 1.83. The number of nitrogens with zero attached hydrogens (tertiary/aromatic N) is 1. The third kappa shape index (κ3) is 2.99. The fourth-order valence-electron chi connectivity index (χ4n) is 1.49. The predicted molar refractivity (Wildman–Crippen MR) is 67.5 cm³/mol. The molecule has 2 N–H and O–H groups in total. The van der Waals surface area contributed by atoms with Crippen molar-refractivity contribution in [3.63, 3.8) is 0 Å². The van der Waals surface area contributed by atoms with E-state index in [9.17, 15) is 4.79 Å². The first-order valence-electron chi connectivity index (χ1n) is 5.67. The number of anilines is 1. The molecule has 0 heterocycles. The molecule has 0 bridgehead atoms. The van der Waals surface area contributed by atoms with Crippen LogP contribution in [-0.4, -0.2) is 24.4 Å². The van der Waals surface area contributed by atoms with Gasteiger partial charge in [0.25, 0.3) is 5.91 Å². The first kappa shape index (κ1) is 12.6. The number of aryl methyl sites for hydroxylation is 1. The van der Waals surface area contributed by atoms with Crippen molar-refractivity contribution in [1.29, 1.82) is 0 Å². The zero-order valence-electron chi connectivity index (χ0n) is 10.3. The van der Waals surface area contributed by atoms with E-state index in [1.54, 1.807) is 11.0 Å². The van der Waals surface area contributed by atoms with Crippen molar-refractivity contribution >= 4 is 11.6 Å². The molecule has 88 valence electrons. The molecule has 0 spiro atoms. The van der Waals surface area contributed by atoms with E-state index in [-0.39, 0.29) is 5.91 Å². The van der Waals surface area contributed by atoms with Crippen LogP contribution in [0.2, 0.25) is 0 Å². The van der Waals surface area contributed by atoms with Crippen molar-refractivity contribution in [3.05, 3.63) is 29.3 Å². The number of nitrogens with two attached hydrogens (primary N) is 1. The molecule has 0 aromatic heterocycles. The van der Waals surface area contributed by atoms with E-state index in [1.165, 1.54) is 0 Å². The van der Waals surface area contributed by atoms with Crippen LogP contribution < -0.4 is 5.73 Å². The summed E-state index contributed by atoms with van der Waals surface area (Å²) < 4.78 is 0. The van der Waals surface area contributed by atoms with E-state index in [0.29, 0.717) is 11.3 Å². The van der Waals surface area contributed by atoms with Crippen LogP contribution in [0.5, 0.6) is 0 Å². The summed E-state index contributed by atoms with van der Waals surface area (Å²) in [5, 5.41) is 0. The lowest BCUT2D eigenvalue weighted by Gasteiger charge is -2.17. The standard InChI is InChI=1S/C13H20N2O/c1-4-5-8-15(3)13(16)11-7-6-10(2)12(14)9-11/h6-7,9H,4-5,8,14H2,1-3H3. The zero-order chi connectivity index (χ0) is 12.1. The second-order valence-corrected chi connectivity index (χ2v) is 4.15. The first-order chi connectivity index (χ1) is 7.56. The van der Waals surface area contributed by atoms with Gasteiger partial charge in [-0.1, -0.05) is 19.4 Å². The second-order valence-electron chi connectivity index (χ2n) is 4.15. The van der Waals surface area contributed by atoms with Gasteiger partial charge in [0.1, 0.15) is 0 Å². The van der Waals surface area contributed by atoms with Crippen LogP contribution in [0, 0.1) is 6.92 Å². The fourth-order valence-corrected chi connectivity index (χ4v) is 1.49. The number of hydrogen-bond acceptors (Lipinski definition) is 2. The van der Waals surface area contributed by atoms with Crippen molar-refractivity contribution in [2.75, 3.05) is 19.3 Å². The van der Waals surface area contributed by atoms with Gasteiger partial charge in [-0.15, -0.1) is 0 Å². The highest BCUT2D eigenvalue weighted by molar-refractivity contribution is 5.95. The van der Waals surface area contributed by atoms with Gasteiger partial charge in [-0.2, -0.15) is 0 Å². The van der Waals surface area contributed by atoms with Crippen molar-refractivity contribution in [2.24, 2.45) is 0 Å². The minimum atomic E-state index is 0.0418. The highest BCUT2D eigenvalue weighted by Crippen LogP contribution is 2.14. The quantitative estimate of drug-likeness (QED) is 0.792. The molecule has 3 heteroatoms. The van der Waals surface area contributed by atoms with Gasteiger partial charge in [0, 0.05) is 24.8 Å². The summed E-state index contributed by atoms with van der Waals surface area (Å²) in [5.41, 5.74) is 8.14. The smallest absolute Gasteiger partial charge is 0.253 e. The molecule has 3 nitrogen and oxygen atoms in total. The SMILES string of the molecule is CCCCN(C)C(=O)c1ccc(C)c(N)c1. The lowest BCUT2D eigenvalue weighted by atomic mass is 10.1. The molecule has 0 radical (unpaired) electrons. The molecule has 0 atom stereocenters. The highest BCUT2D eigenvalue weighted by atomic mass is 16.2.